The Balaban J connectivity index is 1.65. The highest BCUT2D eigenvalue weighted by Crippen LogP contribution is 2.41. The molecule has 0 spiro atoms. The van der Waals surface area contributed by atoms with Crippen molar-refractivity contribution in [1.82, 2.24) is 15.3 Å². The van der Waals surface area contributed by atoms with Gasteiger partial charge in [-0.15, -0.1) is 0 Å². The first kappa shape index (κ1) is 15.7. The van der Waals surface area contributed by atoms with Crippen LogP contribution in [0, 0.1) is 5.92 Å². The molecule has 0 aromatic carbocycles. The van der Waals surface area contributed by atoms with E-state index in [1.807, 2.05) is 12.1 Å². The number of anilines is 1. The smallest absolute Gasteiger partial charge is 0.331 e. The van der Waals surface area contributed by atoms with Crippen LogP contribution in [0.1, 0.15) is 29.3 Å². The van der Waals surface area contributed by atoms with Crippen molar-refractivity contribution in [3.05, 3.63) is 41.2 Å². The van der Waals surface area contributed by atoms with Crippen LogP contribution < -0.4 is 10.6 Å². The van der Waals surface area contributed by atoms with Gasteiger partial charge in [-0.3, -0.25) is 10.3 Å². The quantitative estimate of drug-likeness (QED) is 0.887. The highest BCUT2D eigenvalue weighted by Gasteiger charge is 2.35. The Hall–Kier alpha value is -2.16. The maximum absolute atomic E-state index is 12.5. The van der Waals surface area contributed by atoms with Crippen molar-refractivity contribution in [3.8, 4) is 0 Å². The monoisotopic (exact) mass is 342 g/mol. The number of carbonyl (C=O) groups is 1. The molecule has 1 atom stereocenters. The molecule has 1 aliphatic carbocycles. The average molecular weight is 342 g/mol. The highest BCUT2D eigenvalue weighted by atomic mass is 32.1. The molecule has 5 nitrogen and oxygen atoms in total. The fourth-order valence-electron chi connectivity index (χ4n) is 2.21. The van der Waals surface area contributed by atoms with Gasteiger partial charge in [-0.25, -0.2) is 9.78 Å². The summed E-state index contributed by atoms with van der Waals surface area (Å²) in [5.74, 6) is 0.338. The summed E-state index contributed by atoms with van der Waals surface area (Å²) < 4.78 is 37.6. The van der Waals surface area contributed by atoms with E-state index in [1.165, 1.54) is 0 Å². The number of urea groups is 1. The molecule has 1 aliphatic rings. The van der Waals surface area contributed by atoms with Crippen LogP contribution in [-0.2, 0) is 6.18 Å². The van der Waals surface area contributed by atoms with Gasteiger partial charge in [0.25, 0.3) is 0 Å². The number of nitrogens with one attached hydrogen (secondary N) is 2. The maximum atomic E-state index is 12.5. The van der Waals surface area contributed by atoms with E-state index in [-0.39, 0.29) is 11.2 Å². The Kier molecular flexibility index (Phi) is 4.20. The molecule has 3 rings (SSSR count). The van der Waals surface area contributed by atoms with Gasteiger partial charge in [0.2, 0.25) is 0 Å². The highest BCUT2D eigenvalue weighted by molar-refractivity contribution is 7.15. The third-order valence-corrected chi connectivity index (χ3v) is 4.41. The Bertz CT molecular complexity index is 685. The molecule has 2 aromatic rings. The van der Waals surface area contributed by atoms with E-state index in [9.17, 15) is 18.0 Å². The second-order valence-electron chi connectivity index (χ2n) is 5.22. The molecule has 2 amide bonds. The van der Waals surface area contributed by atoms with E-state index in [4.69, 9.17) is 0 Å². The van der Waals surface area contributed by atoms with Gasteiger partial charge in [0, 0.05) is 12.4 Å². The lowest BCUT2D eigenvalue weighted by Crippen LogP contribution is -2.33. The average Bonchev–Trinajstić information content (AvgIpc) is 3.23. The number of hydrogen-bond donors (Lipinski definition) is 2. The van der Waals surface area contributed by atoms with E-state index in [2.05, 4.69) is 20.6 Å². The molecule has 23 heavy (non-hydrogen) atoms. The van der Waals surface area contributed by atoms with Crippen LogP contribution in [0.25, 0.3) is 0 Å². The van der Waals surface area contributed by atoms with E-state index in [0.717, 1.165) is 18.4 Å². The van der Waals surface area contributed by atoms with Gasteiger partial charge in [-0.1, -0.05) is 11.3 Å². The zero-order valence-electron chi connectivity index (χ0n) is 11.8. The summed E-state index contributed by atoms with van der Waals surface area (Å²) in [6.45, 7) is 0. The molecule has 1 unspecified atom stereocenters. The fourth-order valence-corrected chi connectivity index (χ4v) is 2.89. The number of amides is 2. The first-order valence-corrected chi connectivity index (χ1v) is 7.75. The van der Waals surface area contributed by atoms with Gasteiger partial charge in [0.1, 0.15) is 4.88 Å². The molecule has 0 radical (unpaired) electrons. The largest absolute Gasteiger partial charge is 0.427 e. The normalized spacial score (nSPS) is 16.0. The predicted octanol–water partition coefficient (Wildman–Crippen LogP) is 3.83. The molecule has 2 N–H and O–H groups in total. The summed E-state index contributed by atoms with van der Waals surface area (Å²) in [6.07, 6.45) is 1.54. The summed E-state index contributed by atoms with van der Waals surface area (Å²) in [5.41, 5.74) is 0.924. The minimum atomic E-state index is -4.46. The number of halogens is 3. The number of rotatable bonds is 4. The number of alkyl halides is 3. The van der Waals surface area contributed by atoms with Gasteiger partial charge in [-0.2, -0.15) is 13.2 Å². The summed E-state index contributed by atoms with van der Waals surface area (Å²) in [5, 5.41) is 5.07. The third kappa shape index (κ3) is 3.98. The van der Waals surface area contributed by atoms with Crippen molar-refractivity contribution in [2.24, 2.45) is 5.92 Å². The fraction of sp³-hybridized carbons (Fsp3) is 0.357. The lowest BCUT2D eigenvalue weighted by atomic mass is 10.0. The molecular formula is C14H13F3N4OS. The van der Waals surface area contributed by atoms with Crippen LogP contribution in [0.2, 0.25) is 0 Å². The standard InChI is InChI=1S/C14H13F3N4OS/c15-14(16,17)10-7-19-13(23-10)21-12(22)20-11(8-1-2-8)9-3-5-18-6-4-9/h3-8,11H,1-2H2,(H2,19,20,21,22). The molecule has 1 fully saturated rings. The number of thiazole rings is 1. The van der Waals surface area contributed by atoms with Crippen LogP contribution in [0.3, 0.4) is 0 Å². The van der Waals surface area contributed by atoms with E-state index >= 15 is 0 Å². The molecule has 2 aromatic heterocycles. The second-order valence-corrected chi connectivity index (χ2v) is 6.25. The first-order valence-electron chi connectivity index (χ1n) is 6.94. The number of pyridine rings is 1. The SMILES string of the molecule is O=C(Nc1ncc(C(F)(F)F)s1)NC(c1ccncc1)C1CC1. The summed E-state index contributed by atoms with van der Waals surface area (Å²) in [4.78, 5) is 18.7. The van der Waals surface area contributed by atoms with Gasteiger partial charge >= 0.3 is 12.2 Å². The number of carbonyl (C=O) groups excluding carboxylic acids is 1. The minimum absolute atomic E-state index is 0.0842. The zero-order chi connectivity index (χ0) is 16.4. The summed E-state index contributed by atoms with van der Waals surface area (Å²) in [7, 11) is 0. The molecular weight excluding hydrogens is 329 g/mol. The van der Waals surface area contributed by atoms with Gasteiger partial charge in [-0.05, 0) is 36.5 Å². The van der Waals surface area contributed by atoms with Crippen LogP contribution in [0.15, 0.2) is 30.7 Å². The number of nitrogens with zero attached hydrogens (tertiary/aromatic N) is 2. The van der Waals surface area contributed by atoms with Crippen LogP contribution in [-0.4, -0.2) is 16.0 Å². The van der Waals surface area contributed by atoms with E-state index in [0.29, 0.717) is 23.5 Å². The Morgan fingerprint density at radius 3 is 2.57 bits per heavy atom. The van der Waals surface area contributed by atoms with Gasteiger partial charge in [0.05, 0.1) is 12.2 Å². The Morgan fingerprint density at radius 2 is 2.00 bits per heavy atom. The minimum Gasteiger partial charge on any atom is -0.331 e. The van der Waals surface area contributed by atoms with E-state index in [1.54, 1.807) is 12.4 Å². The lowest BCUT2D eigenvalue weighted by molar-refractivity contribution is -0.134. The van der Waals surface area contributed by atoms with Crippen LogP contribution >= 0.6 is 11.3 Å². The number of hydrogen-bond acceptors (Lipinski definition) is 4. The van der Waals surface area contributed by atoms with Crippen LogP contribution in [0.5, 0.6) is 0 Å². The van der Waals surface area contributed by atoms with Crippen molar-refractivity contribution < 1.29 is 18.0 Å². The molecule has 0 aliphatic heterocycles. The summed E-state index contributed by atoms with van der Waals surface area (Å²) in [6, 6.07) is 2.88. The predicted molar refractivity (Wildman–Crippen MR) is 79.0 cm³/mol. The maximum Gasteiger partial charge on any atom is 0.427 e. The Labute approximate surface area is 134 Å². The molecule has 9 heteroatoms. The third-order valence-electron chi connectivity index (χ3n) is 3.45. The van der Waals surface area contributed by atoms with E-state index < -0.39 is 17.1 Å². The Morgan fingerprint density at radius 1 is 1.30 bits per heavy atom. The van der Waals surface area contributed by atoms with Gasteiger partial charge in [0.15, 0.2) is 5.13 Å². The van der Waals surface area contributed by atoms with Crippen molar-refractivity contribution in [1.29, 1.82) is 0 Å². The summed E-state index contributed by atoms with van der Waals surface area (Å²) >= 11 is 0.397. The van der Waals surface area contributed by atoms with Crippen molar-refractivity contribution in [2.75, 3.05) is 5.32 Å². The second kappa shape index (κ2) is 6.15. The van der Waals surface area contributed by atoms with Crippen molar-refractivity contribution in [3.63, 3.8) is 0 Å². The topological polar surface area (TPSA) is 66.9 Å². The molecule has 122 valence electrons. The lowest BCUT2D eigenvalue weighted by Gasteiger charge is -2.18. The molecule has 0 saturated heterocycles. The van der Waals surface area contributed by atoms with Gasteiger partial charge < -0.3 is 5.32 Å². The molecule has 2 heterocycles. The number of aromatic nitrogens is 2. The van der Waals surface area contributed by atoms with Crippen molar-refractivity contribution >= 4 is 22.5 Å². The zero-order valence-corrected chi connectivity index (χ0v) is 12.6. The van der Waals surface area contributed by atoms with Crippen molar-refractivity contribution in [2.45, 2.75) is 25.1 Å². The molecule has 1 saturated carbocycles. The first-order chi connectivity index (χ1) is 10.9. The molecule has 0 bridgehead atoms. The van der Waals surface area contributed by atoms with Crippen LogP contribution in [0.4, 0.5) is 23.1 Å².